The molecule has 3 aromatic rings. The van der Waals surface area contributed by atoms with Crippen molar-refractivity contribution in [1.82, 2.24) is 10.2 Å². The van der Waals surface area contributed by atoms with Crippen LogP contribution in [0.2, 0.25) is 0 Å². The average Bonchev–Trinajstić information content (AvgIpc) is 2.96. The van der Waals surface area contributed by atoms with Crippen molar-refractivity contribution in [1.29, 1.82) is 0 Å². The zero-order chi connectivity index (χ0) is 29.6. The van der Waals surface area contributed by atoms with Crippen molar-refractivity contribution in [3.8, 4) is 0 Å². The number of anilines is 1. The van der Waals surface area contributed by atoms with Crippen LogP contribution in [0.4, 0.5) is 10.1 Å². The van der Waals surface area contributed by atoms with Gasteiger partial charge >= 0.3 is 0 Å². The summed E-state index contributed by atoms with van der Waals surface area (Å²) in [6.07, 6.45) is 4.93. The van der Waals surface area contributed by atoms with Crippen LogP contribution in [0.25, 0.3) is 0 Å². The predicted molar refractivity (Wildman–Crippen MR) is 158 cm³/mol. The lowest BCUT2D eigenvalue weighted by atomic mass is 9.95. The van der Waals surface area contributed by atoms with Gasteiger partial charge in [-0.25, -0.2) is 12.8 Å². The Labute approximate surface area is 242 Å². The van der Waals surface area contributed by atoms with Crippen molar-refractivity contribution in [2.45, 2.75) is 76.4 Å². The van der Waals surface area contributed by atoms with Gasteiger partial charge in [-0.1, -0.05) is 72.9 Å². The highest BCUT2D eigenvalue weighted by molar-refractivity contribution is 7.92. The molecule has 3 aromatic carbocycles. The highest BCUT2D eigenvalue weighted by atomic mass is 32.2. The van der Waals surface area contributed by atoms with Crippen LogP contribution in [0.5, 0.6) is 0 Å². The molecule has 0 aromatic heterocycles. The molecule has 1 aliphatic carbocycles. The summed E-state index contributed by atoms with van der Waals surface area (Å²) in [7, 11) is -4.15. The lowest BCUT2D eigenvalue weighted by molar-refractivity contribution is -0.139. The van der Waals surface area contributed by atoms with Gasteiger partial charge in [-0.15, -0.1) is 0 Å². The van der Waals surface area contributed by atoms with Crippen molar-refractivity contribution in [2.24, 2.45) is 0 Å². The molecule has 0 aliphatic heterocycles. The van der Waals surface area contributed by atoms with Crippen molar-refractivity contribution < 1.29 is 22.4 Å². The van der Waals surface area contributed by atoms with Gasteiger partial charge < -0.3 is 10.2 Å². The van der Waals surface area contributed by atoms with E-state index in [2.05, 4.69) is 5.32 Å². The average molecular weight is 580 g/mol. The van der Waals surface area contributed by atoms with Crippen LogP contribution in [-0.4, -0.2) is 43.8 Å². The number of aryl methyl sites for hydroxylation is 2. The molecule has 0 bridgehead atoms. The van der Waals surface area contributed by atoms with Crippen molar-refractivity contribution in [2.75, 3.05) is 10.8 Å². The van der Waals surface area contributed by atoms with Gasteiger partial charge in [0.1, 0.15) is 18.4 Å². The SMILES string of the molecule is Cc1ccc(N(CC(=O)N(Cc2ccccc2F)C(C)C(=O)NC2CCCCC2)S(=O)(=O)c2ccc(C)cc2)cc1. The van der Waals surface area contributed by atoms with E-state index < -0.39 is 34.3 Å². The van der Waals surface area contributed by atoms with Gasteiger partial charge in [0, 0.05) is 18.2 Å². The van der Waals surface area contributed by atoms with E-state index in [-0.39, 0.29) is 29.0 Å². The zero-order valence-electron chi connectivity index (χ0n) is 23.8. The Morgan fingerprint density at radius 3 is 2.10 bits per heavy atom. The van der Waals surface area contributed by atoms with Gasteiger partial charge in [-0.05, 0) is 63.9 Å². The van der Waals surface area contributed by atoms with Crippen LogP contribution in [0.1, 0.15) is 55.7 Å². The van der Waals surface area contributed by atoms with Crippen molar-refractivity contribution in [3.05, 3.63) is 95.3 Å². The van der Waals surface area contributed by atoms with Gasteiger partial charge in [0.2, 0.25) is 11.8 Å². The molecule has 1 N–H and O–H groups in total. The number of amides is 2. The Balaban J connectivity index is 1.68. The standard InChI is InChI=1S/C32H38FN3O4S/c1-23-13-17-28(18-14-23)36(41(39,40)29-19-15-24(2)16-20-29)22-31(37)35(21-26-9-7-8-12-30(26)33)25(3)32(38)34-27-10-5-4-6-11-27/h7-9,12-20,25,27H,4-6,10-11,21-22H2,1-3H3,(H,34,38). The minimum Gasteiger partial charge on any atom is -0.352 e. The second kappa shape index (κ2) is 13.3. The number of carbonyl (C=O) groups excluding carboxylic acids is 2. The maximum absolute atomic E-state index is 14.7. The molecule has 7 nitrogen and oxygen atoms in total. The summed E-state index contributed by atoms with van der Waals surface area (Å²) in [6.45, 7) is 4.60. The number of carbonyl (C=O) groups is 2. The molecule has 9 heteroatoms. The summed E-state index contributed by atoms with van der Waals surface area (Å²) in [5.74, 6) is -1.46. The zero-order valence-corrected chi connectivity index (χ0v) is 24.7. The molecule has 2 amide bonds. The normalized spacial score (nSPS) is 14.7. The first kappa shape index (κ1) is 30.2. The summed E-state index contributed by atoms with van der Waals surface area (Å²) in [4.78, 5) is 28.7. The summed E-state index contributed by atoms with van der Waals surface area (Å²) in [5, 5.41) is 3.05. The van der Waals surface area contributed by atoms with Gasteiger partial charge in [0.05, 0.1) is 10.6 Å². The van der Waals surface area contributed by atoms with E-state index in [1.54, 1.807) is 61.5 Å². The predicted octanol–water partition coefficient (Wildman–Crippen LogP) is 5.50. The highest BCUT2D eigenvalue weighted by Gasteiger charge is 2.33. The van der Waals surface area contributed by atoms with Gasteiger partial charge in [-0.2, -0.15) is 0 Å². The van der Waals surface area contributed by atoms with Gasteiger partial charge in [-0.3, -0.25) is 13.9 Å². The van der Waals surface area contributed by atoms with Gasteiger partial charge in [0.15, 0.2) is 0 Å². The molecule has 1 atom stereocenters. The summed E-state index contributed by atoms with van der Waals surface area (Å²) < 4.78 is 43.5. The molecule has 0 saturated heterocycles. The first-order chi connectivity index (χ1) is 19.6. The van der Waals surface area contributed by atoms with E-state index in [0.29, 0.717) is 5.69 Å². The Morgan fingerprint density at radius 1 is 0.902 bits per heavy atom. The summed E-state index contributed by atoms with van der Waals surface area (Å²) >= 11 is 0. The van der Waals surface area contributed by atoms with Crippen LogP contribution < -0.4 is 9.62 Å². The lowest BCUT2D eigenvalue weighted by Crippen LogP contribution is -2.53. The molecule has 1 aliphatic rings. The smallest absolute Gasteiger partial charge is 0.264 e. The number of halogens is 1. The molecule has 0 heterocycles. The first-order valence-corrected chi connectivity index (χ1v) is 15.5. The molecular formula is C32H38FN3O4S. The fourth-order valence-corrected chi connectivity index (χ4v) is 6.45. The van der Waals surface area contributed by atoms with Crippen LogP contribution in [0, 0.1) is 19.7 Å². The van der Waals surface area contributed by atoms with Crippen molar-refractivity contribution >= 4 is 27.5 Å². The second-order valence-corrected chi connectivity index (χ2v) is 12.7. The van der Waals surface area contributed by atoms with E-state index in [9.17, 15) is 22.4 Å². The first-order valence-electron chi connectivity index (χ1n) is 14.1. The number of rotatable bonds is 10. The van der Waals surface area contributed by atoms with Crippen LogP contribution in [-0.2, 0) is 26.2 Å². The topological polar surface area (TPSA) is 86.8 Å². The molecule has 41 heavy (non-hydrogen) atoms. The molecule has 218 valence electrons. The molecular weight excluding hydrogens is 541 g/mol. The van der Waals surface area contributed by atoms with E-state index in [0.717, 1.165) is 47.5 Å². The second-order valence-electron chi connectivity index (χ2n) is 10.8. The van der Waals surface area contributed by atoms with E-state index >= 15 is 0 Å². The fourth-order valence-electron chi connectivity index (χ4n) is 5.04. The molecule has 1 unspecified atom stereocenters. The number of benzene rings is 3. The number of nitrogens with one attached hydrogen (secondary N) is 1. The summed E-state index contributed by atoms with van der Waals surface area (Å²) in [6, 6.07) is 18.4. The number of hydrogen-bond donors (Lipinski definition) is 1. The minimum atomic E-state index is -4.15. The van der Waals surface area contributed by atoms with Crippen LogP contribution >= 0.6 is 0 Å². The van der Waals surface area contributed by atoms with Gasteiger partial charge in [0.25, 0.3) is 10.0 Å². The molecule has 1 fully saturated rings. The lowest BCUT2D eigenvalue weighted by Gasteiger charge is -2.33. The Kier molecular flexibility index (Phi) is 9.81. The summed E-state index contributed by atoms with van der Waals surface area (Å²) in [5.41, 5.74) is 2.38. The third-order valence-corrected chi connectivity index (χ3v) is 9.42. The molecule has 4 rings (SSSR count). The molecule has 0 radical (unpaired) electrons. The van der Waals surface area contributed by atoms with E-state index in [4.69, 9.17) is 0 Å². The third kappa shape index (κ3) is 7.52. The van der Waals surface area contributed by atoms with E-state index in [1.807, 2.05) is 13.8 Å². The van der Waals surface area contributed by atoms with Crippen molar-refractivity contribution in [3.63, 3.8) is 0 Å². The van der Waals surface area contributed by atoms with Crippen LogP contribution in [0.15, 0.2) is 77.7 Å². The Morgan fingerprint density at radius 2 is 1.49 bits per heavy atom. The Bertz CT molecular complexity index is 1450. The highest BCUT2D eigenvalue weighted by Crippen LogP contribution is 2.26. The third-order valence-electron chi connectivity index (χ3n) is 7.63. The minimum absolute atomic E-state index is 0.0232. The maximum atomic E-state index is 14.7. The molecule has 0 spiro atoms. The number of sulfonamides is 1. The van der Waals surface area contributed by atoms with Crippen LogP contribution in [0.3, 0.4) is 0 Å². The Hall–Kier alpha value is -3.72. The maximum Gasteiger partial charge on any atom is 0.264 e. The largest absolute Gasteiger partial charge is 0.352 e. The quantitative estimate of drug-likeness (QED) is 0.344. The number of nitrogens with zero attached hydrogens (tertiary/aromatic N) is 2. The molecule has 1 saturated carbocycles. The fraction of sp³-hybridized carbons (Fsp3) is 0.375. The van der Waals surface area contributed by atoms with E-state index in [1.165, 1.54) is 23.1 Å². The monoisotopic (exact) mass is 579 g/mol. The number of hydrogen-bond acceptors (Lipinski definition) is 4.